The minimum atomic E-state index is -0.347. The van der Waals surface area contributed by atoms with Crippen molar-refractivity contribution >= 4 is 29.9 Å². The second-order valence-electron chi connectivity index (χ2n) is 4.31. The van der Waals surface area contributed by atoms with Crippen LogP contribution in [0.3, 0.4) is 0 Å². The molecule has 0 aliphatic rings. The Labute approximate surface area is 119 Å². The Bertz CT molecular complexity index is 418. The quantitative estimate of drug-likeness (QED) is 0.761. The molecule has 0 bridgehead atoms. The first-order valence-electron chi connectivity index (χ1n) is 5.89. The highest BCUT2D eigenvalue weighted by Crippen LogP contribution is 2.16. The lowest BCUT2D eigenvalue weighted by Gasteiger charge is -2.08. The number of amides is 2. The van der Waals surface area contributed by atoms with Gasteiger partial charge >= 0.3 is 0 Å². The zero-order chi connectivity index (χ0) is 13.5. The van der Waals surface area contributed by atoms with E-state index in [0.717, 1.165) is 0 Å². The molecular weight excluding hydrogens is 266 g/mol. The summed E-state index contributed by atoms with van der Waals surface area (Å²) in [5.41, 5.74) is 7.04. The van der Waals surface area contributed by atoms with Gasteiger partial charge in [-0.05, 0) is 23.6 Å². The topological polar surface area (TPSA) is 84.2 Å². The number of anilines is 1. The number of hydrogen-bond acceptors (Lipinski definition) is 3. The lowest BCUT2D eigenvalue weighted by molar-refractivity contribution is -0.123. The van der Waals surface area contributed by atoms with Crippen molar-refractivity contribution in [1.82, 2.24) is 5.32 Å². The molecule has 2 amide bonds. The number of hydrogen-bond donors (Lipinski definition) is 3. The van der Waals surface area contributed by atoms with Crippen LogP contribution in [0.15, 0.2) is 24.3 Å². The summed E-state index contributed by atoms with van der Waals surface area (Å²) in [6.45, 7) is 4.03. The Balaban J connectivity index is 0.00000324. The Hall–Kier alpha value is -1.59. The molecule has 0 aliphatic heterocycles. The molecule has 1 aromatic carbocycles. The van der Waals surface area contributed by atoms with Crippen LogP contribution in [0.25, 0.3) is 0 Å². The number of nitrogens with one attached hydrogen (secondary N) is 2. The zero-order valence-corrected chi connectivity index (χ0v) is 11.9. The summed E-state index contributed by atoms with van der Waals surface area (Å²) in [5, 5.41) is 5.10. The van der Waals surface area contributed by atoms with Gasteiger partial charge in [0, 0.05) is 5.69 Å². The molecule has 0 saturated heterocycles. The molecule has 0 atom stereocenters. The molecule has 0 unspecified atom stereocenters. The van der Waals surface area contributed by atoms with E-state index in [1.807, 2.05) is 24.3 Å². The summed E-state index contributed by atoms with van der Waals surface area (Å²) in [6.07, 6.45) is 0. The average molecular weight is 286 g/mol. The normalized spacial score (nSPS) is 9.68. The van der Waals surface area contributed by atoms with Crippen LogP contribution < -0.4 is 16.4 Å². The predicted octanol–water partition coefficient (Wildman–Crippen LogP) is 1.25. The molecule has 5 nitrogen and oxygen atoms in total. The maximum atomic E-state index is 11.5. The number of benzene rings is 1. The fourth-order valence-electron chi connectivity index (χ4n) is 1.41. The van der Waals surface area contributed by atoms with Gasteiger partial charge in [0.05, 0.1) is 13.1 Å². The van der Waals surface area contributed by atoms with Crippen LogP contribution in [0.1, 0.15) is 25.3 Å². The zero-order valence-electron chi connectivity index (χ0n) is 11.1. The van der Waals surface area contributed by atoms with Crippen LogP contribution >= 0.6 is 12.4 Å². The molecule has 0 fully saturated rings. The third-order valence-electron chi connectivity index (χ3n) is 2.49. The third-order valence-corrected chi connectivity index (χ3v) is 2.49. The van der Waals surface area contributed by atoms with Gasteiger partial charge in [0.25, 0.3) is 0 Å². The Morgan fingerprint density at radius 2 is 1.74 bits per heavy atom. The number of nitrogens with two attached hydrogens (primary N) is 1. The van der Waals surface area contributed by atoms with E-state index in [9.17, 15) is 9.59 Å². The lowest BCUT2D eigenvalue weighted by atomic mass is 10.0. The summed E-state index contributed by atoms with van der Waals surface area (Å²) in [4.78, 5) is 22.4. The van der Waals surface area contributed by atoms with Crippen LogP contribution in [0.4, 0.5) is 5.69 Å². The summed E-state index contributed by atoms with van der Waals surface area (Å²) >= 11 is 0. The standard InChI is InChI=1S/C13H19N3O2.ClH/c1-9(2)10-3-5-11(6-4-10)16-13(18)8-15-12(17)7-14;/h3-6,9H,7-8,14H2,1-2H3,(H,15,17)(H,16,18);1H. The van der Waals surface area contributed by atoms with Gasteiger partial charge in [-0.1, -0.05) is 26.0 Å². The summed E-state index contributed by atoms with van der Waals surface area (Å²) < 4.78 is 0. The molecule has 0 saturated carbocycles. The van der Waals surface area contributed by atoms with E-state index in [2.05, 4.69) is 24.5 Å². The summed E-state index contributed by atoms with van der Waals surface area (Å²) in [6, 6.07) is 7.63. The van der Waals surface area contributed by atoms with Crippen molar-refractivity contribution in [2.45, 2.75) is 19.8 Å². The van der Waals surface area contributed by atoms with Gasteiger partial charge in [0.15, 0.2) is 0 Å². The van der Waals surface area contributed by atoms with Gasteiger partial charge < -0.3 is 16.4 Å². The minimum absolute atomic E-state index is 0. The van der Waals surface area contributed by atoms with Crippen molar-refractivity contribution in [2.24, 2.45) is 5.73 Å². The highest BCUT2D eigenvalue weighted by molar-refractivity contribution is 5.94. The Morgan fingerprint density at radius 1 is 1.16 bits per heavy atom. The van der Waals surface area contributed by atoms with E-state index in [-0.39, 0.29) is 37.3 Å². The van der Waals surface area contributed by atoms with Crippen LogP contribution in [-0.4, -0.2) is 24.9 Å². The average Bonchev–Trinajstić information content (AvgIpc) is 2.36. The largest absolute Gasteiger partial charge is 0.346 e. The van der Waals surface area contributed by atoms with Crippen molar-refractivity contribution in [3.8, 4) is 0 Å². The van der Waals surface area contributed by atoms with Crippen LogP contribution in [0.5, 0.6) is 0 Å². The first-order chi connectivity index (χ1) is 8.52. The molecule has 0 spiro atoms. The SMILES string of the molecule is CC(C)c1ccc(NC(=O)CNC(=O)CN)cc1.Cl. The lowest BCUT2D eigenvalue weighted by Crippen LogP contribution is -2.36. The molecule has 1 rings (SSSR count). The van der Waals surface area contributed by atoms with Gasteiger partial charge in [-0.25, -0.2) is 0 Å². The molecule has 0 aromatic heterocycles. The predicted molar refractivity (Wildman–Crippen MR) is 78.5 cm³/mol. The number of rotatable bonds is 5. The molecule has 106 valence electrons. The highest BCUT2D eigenvalue weighted by Gasteiger charge is 2.05. The van der Waals surface area contributed by atoms with Crippen LogP contribution in [0, 0.1) is 0 Å². The Morgan fingerprint density at radius 3 is 2.21 bits per heavy atom. The van der Waals surface area contributed by atoms with Gasteiger partial charge in [-0.15, -0.1) is 12.4 Å². The van der Waals surface area contributed by atoms with E-state index in [0.29, 0.717) is 11.6 Å². The number of carbonyl (C=O) groups is 2. The van der Waals surface area contributed by atoms with E-state index in [1.54, 1.807) is 0 Å². The van der Waals surface area contributed by atoms with E-state index >= 15 is 0 Å². The second-order valence-corrected chi connectivity index (χ2v) is 4.31. The van der Waals surface area contributed by atoms with Gasteiger partial charge in [-0.2, -0.15) is 0 Å². The first-order valence-corrected chi connectivity index (χ1v) is 5.89. The number of halogens is 1. The summed E-state index contributed by atoms with van der Waals surface area (Å²) in [5.74, 6) is -0.159. The smallest absolute Gasteiger partial charge is 0.243 e. The van der Waals surface area contributed by atoms with Gasteiger partial charge in [0.2, 0.25) is 11.8 Å². The van der Waals surface area contributed by atoms with Crippen LogP contribution in [0.2, 0.25) is 0 Å². The van der Waals surface area contributed by atoms with Crippen molar-refractivity contribution in [1.29, 1.82) is 0 Å². The van der Waals surface area contributed by atoms with E-state index in [4.69, 9.17) is 5.73 Å². The maximum Gasteiger partial charge on any atom is 0.243 e. The minimum Gasteiger partial charge on any atom is -0.346 e. The monoisotopic (exact) mass is 285 g/mol. The molecular formula is C13H20ClN3O2. The molecule has 0 heterocycles. The van der Waals surface area contributed by atoms with Crippen molar-refractivity contribution in [2.75, 3.05) is 18.4 Å². The molecule has 6 heteroatoms. The fourth-order valence-corrected chi connectivity index (χ4v) is 1.41. The van der Waals surface area contributed by atoms with Crippen LogP contribution in [-0.2, 0) is 9.59 Å². The summed E-state index contributed by atoms with van der Waals surface area (Å²) in [7, 11) is 0. The second kappa shape index (κ2) is 8.50. The van der Waals surface area contributed by atoms with E-state index < -0.39 is 0 Å². The maximum absolute atomic E-state index is 11.5. The molecule has 0 aliphatic carbocycles. The van der Waals surface area contributed by atoms with Gasteiger partial charge in [0.1, 0.15) is 0 Å². The van der Waals surface area contributed by atoms with Crippen molar-refractivity contribution in [3.05, 3.63) is 29.8 Å². The number of carbonyl (C=O) groups excluding carboxylic acids is 2. The molecule has 4 N–H and O–H groups in total. The fraction of sp³-hybridized carbons (Fsp3) is 0.385. The first kappa shape index (κ1) is 17.4. The molecule has 19 heavy (non-hydrogen) atoms. The molecule has 1 aromatic rings. The van der Waals surface area contributed by atoms with Crippen molar-refractivity contribution < 1.29 is 9.59 Å². The van der Waals surface area contributed by atoms with E-state index in [1.165, 1.54) is 5.56 Å². The highest BCUT2D eigenvalue weighted by atomic mass is 35.5. The Kier molecular flexibility index (Phi) is 7.79. The van der Waals surface area contributed by atoms with Gasteiger partial charge in [-0.3, -0.25) is 9.59 Å². The third kappa shape index (κ3) is 6.22. The van der Waals surface area contributed by atoms with Crippen molar-refractivity contribution in [3.63, 3.8) is 0 Å². The molecule has 0 radical (unpaired) electrons.